The average Bonchev–Trinajstić information content (AvgIpc) is 2.23. The maximum Gasteiger partial charge on any atom is 0.337 e. The summed E-state index contributed by atoms with van der Waals surface area (Å²) in [5, 5.41) is 3.28. The van der Waals surface area contributed by atoms with E-state index in [4.69, 9.17) is 5.53 Å². The number of carbonyl (C=O) groups excluding carboxylic acids is 1. The third kappa shape index (κ3) is 2.24. The van der Waals surface area contributed by atoms with Crippen LogP contribution in [-0.4, -0.2) is 13.1 Å². The molecule has 0 aliphatic heterocycles. The molecule has 0 unspecified atom stereocenters. The van der Waals surface area contributed by atoms with E-state index in [-0.39, 0.29) is 16.8 Å². The molecule has 15 heavy (non-hydrogen) atoms. The Hall–Kier alpha value is -2.07. The lowest BCUT2D eigenvalue weighted by atomic mass is 10.1. The zero-order valence-electron chi connectivity index (χ0n) is 8.19. The van der Waals surface area contributed by atoms with E-state index in [0.29, 0.717) is 0 Å². The number of nitrogens with zero attached hydrogens (tertiary/aromatic N) is 3. The molecule has 0 N–H and O–H groups in total. The number of esters is 1. The zero-order valence-corrected chi connectivity index (χ0v) is 8.19. The molecule has 0 aliphatic rings. The summed E-state index contributed by atoms with van der Waals surface area (Å²) in [6.45, 7) is 1.46. The van der Waals surface area contributed by atoms with Gasteiger partial charge in [0.2, 0.25) is 0 Å². The summed E-state index contributed by atoms with van der Waals surface area (Å²) >= 11 is 0. The van der Waals surface area contributed by atoms with Crippen molar-refractivity contribution in [1.29, 1.82) is 0 Å². The van der Waals surface area contributed by atoms with E-state index in [9.17, 15) is 9.18 Å². The second-order valence-corrected chi connectivity index (χ2v) is 2.78. The minimum atomic E-state index is -0.678. The highest BCUT2D eigenvalue weighted by atomic mass is 19.1. The molecule has 0 amide bonds. The van der Waals surface area contributed by atoms with Gasteiger partial charge in [-0.05, 0) is 30.2 Å². The van der Waals surface area contributed by atoms with E-state index >= 15 is 0 Å². The van der Waals surface area contributed by atoms with Crippen LogP contribution in [0.2, 0.25) is 0 Å². The summed E-state index contributed by atoms with van der Waals surface area (Å²) < 4.78 is 17.7. The Morgan fingerprint density at radius 3 is 2.80 bits per heavy atom. The molecule has 0 saturated carbocycles. The second-order valence-electron chi connectivity index (χ2n) is 2.78. The molecular weight excluding hydrogens is 201 g/mol. The Labute approximate surface area is 85.1 Å². The first-order valence-electron chi connectivity index (χ1n) is 4.03. The Morgan fingerprint density at radius 2 is 2.27 bits per heavy atom. The summed E-state index contributed by atoms with van der Waals surface area (Å²) in [6.07, 6.45) is 0. The molecule has 0 radical (unpaired) electrons. The number of ether oxygens (including phenoxy) is 1. The van der Waals surface area contributed by atoms with Crippen molar-refractivity contribution in [3.05, 3.63) is 39.5 Å². The van der Waals surface area contributed by atoms with Crippen LogP contribution in [0.15, 0.2) is 17.2 Å². The summed E-state index contributed by atoms with van der Waals surface area (Å²) in [5.74, 6) is -1.29. The molecule has 0 heterocycles. The van der Waals surface area contributed by atoms with Crippen LogP contribution in [0.3, 0.4) is 0 Å². The Morgan fingerprint density at radius 1 is 1.60 bits per heavy atom. The highest BCUT2D eigenvalue weighted by molar-refractivity contribution is 5.90. The topological polar surface area (TPSA) is 75.1 Å². The van der Waals surface area contributed by atoms with Gasteiger partial charge in [-0.25, -0.2) is 9.18 Å². The van der Waals surface area contributed by atoms with Gasteiger partial charge in [0.1, 0.15) is 5.82 Å². The molecule has 78 valence electrons. The van der Waals surface area contributed by atoms with E-state index in [0.717, 1.165) is 6.07 Å². The van der Waals surface area contributed by atoms with Crippen LogP contribution in [0.5, 0.6) is 0 Å². The van der Waals surface area contributed by atoms with Gasteiger partial charge in [0.25, 0.3) is 0 Å². The van der Waals surface area contributed by atoms with Gasteiger partial charge in [-0.1, -0.05) is 5.11 Å². The predicted octanol–water partition coefficient (Wildman–Crippen LogP) is 2.86. The third-order valence-electron chi connectivity index (χ3n) is 1.89. The number of azide groups is 1. The Bertz CT molecular complexity index is 453. The number of hydrogen-bond acceptors (Lipinski definition) is 3. The Balaban J connectivity index is 3.35. The van der Waals surface area contributed by atoms with E-state index < -0.39 is 11.8 Å². The monoisotopic (exact) mass is 209 g/mol. The second kappa shape index (κ2) is 4.43. The number of rotatable bonds is 2. The summed E-state index contributed by atoms with van der Waals surface area (Å²) in [4.78, 5) is 13.7. The van der Waals surface area contributed by atoms with Crippen molar-refractivity contribution in [2.45, 2.75) is 6.92 Å². The summed E-state index contributed by atoms with van der Waals surface area (Å²) in [6, 6.07) is 2.32. The van der Waals surface area contributed by atoms with Crippen LogP contribution in [0.4, 0.5) is 10.1 Å². The standard InChI is InChI=1S/C9H8FN3O2/c1-5-7(10)3-6(9(14)15-2)4-8(5)12-13-11/h3-4H,1-2H3. The van der Waals surface area contributed by atoms with Crippen molar-refractivity contribution in [1.82, 2.24) is 0 Å². The van der Waals surface area contributed by atoms with Gasteiger partial charge in [0.15, 0.2) is 0 Å². The predicted molar refractivity (Wildman–Crippen MR) is 51.3 cm³/mol. The van der Waals surface area contributed by atoms with Crippen molar-refractivity contribution >= 4 is 11.7 Å². The van der Waals surface area contributed by atoms with E-state index in [1.54, 1.807) is 0 Å². The first-order chi connectivity index (χ1) is 7.10. The van der Waals surface area contributed by atoms with Crippen molar-refractivity contribution in [3.63, 3.8) is 0 Å². The molecule has 6 heteroatoms. The number of benzene rings is 1. The molecule has 1 aromatic carbocycles. The lowest BCUT2D eigenvalue weighted by Gasteiger charge is -2.04. The van der Waals surface area contributed by atoms with Gasteiger partial charge in [-0.2, -0.15) is 0 Å². The minimum Gasteiger partial charge on any atom is -0.465 e. The van der Waals surface area contributed by atoms with Gasteiger partial charge >= 0.3 is 5.97 Å². The Kier molecular flexibility index (Phi) is 3.25. The molecule has 1 rings (SSSR count). The number of halogens is 1. The van der Waals surface area contributed by atoms with E-state index in [1.165, 1.54) is 20.1 Å². The fraction of sp³-hybridized carbons (Fsp3) is 0.222. The third-order valence-corrected chi connectivity index (χ3v) is 1.89. The highest BCUT2D eigenvalue weighted by Gasteiger charge is 2.11. The first kappa shape index (κ1) is 11.0. The van der Waals surface area contributed by atoms with Crippen LogP contribution < -0.4 is 0 Å². The summed E-state index contributed by atoms with van der Waals surface area (Å²) in [7, 11) is 1.19. The molecule has 1 aromatic rings. The lowest BCUT2D eigenvalue weighted by Crippen LogP contribution is -2.02. The molecule has 5 nitrogen and oxygen atoms in total. The number of carbonyl (C=O) groups is 1. The van der Waals surface area contributed by atoms with Gasteiger partial charge in [-0.3, -0.25) is 0 Å². The molecule has 0 spiro atoms. The van der Waals surface area contributed by atoms with Crippen molar-refractivity contribution in [2.75, 3.05) is 7.11 Å². The van der Waals surface area contributed by atoms with E-state index in [1.807, 2.05) is 0 Å². The van der Waals surface area contributed by atoms with Crippen molar-refractivity contribution in [2.24, 2.45) is 5.11 Å². The molecule has 0 atom stereocenters. The smallest absolute Gasteiger partial charge is 0.337 e. The van der Waals surface area contributed by atoms with Gasteiger partial charge in [-0.15, -0.1) is 0 Å². The van der Waals surface area contributed by atoms with Crippen LogP contribution in [0.25, 0.3) is 10.4 Å². The average molecular weight is 209 g/mol. The van der Waals surface area contributed by atoms with Crippen molar-refractivity contribution in [3.8, 4) is 0 Å². The lowest BCUT2D eigenvalue weighted by molar-refractivity contribution is 0.0600. The molecule has 0 bridgehead atoms. The van der Waals surface area contributed by atoms with Gasteiger partial charge < -0.3 is 4.74 Å². The quantitative estimate of drug-likeness (QED) is 0.325. The molecule has 0 saturated heterocycles. The maximum atomic E-state index is 13.3. The molecular formula is C9H8FN3O2. The minimum absolute atomic E-state index is 0.0167. The fourth-order valence-corrected chi connectivity index (χ4v) is 1.05. The highest BCUT2D eigenvalue weighted by Crippen LogP contribution is 2.23. The van der Waals surface area contributed by atoms with Crippen molar-refractivity contribution < 1.29 is 13.9 Å². The fourth-order valence-electron chi connectivity index (χ4n) is 1.05. The molecule has 0 aliphatic carbocycles. The number of hydrogen-bond donors (Lipinski definition) is 0. The summed E-state index contributed by atoms with van der Waals surface area (Å²) in [5.41, 5.74) is 8.53. The maximum absolute atomic E-state index is 13.3. The first-order valence-corrected chi connectivity index (χ1v) is 4.03. The molecule has 0 fully saturated rings. The van der Waals surface area contributed by atoms with Crippen LogP contribution >= 0.6 is 0 Å². The molecule has 0 aromatic heterocycles. The zero-order chi connectivity index (χ0) is 11.4. The van der Waals surface area contributed by atoms with Gasteiger partial charge in [0.05, 0.1) is 12.7 Å². The number of methoxy groups -OCH3 is 1. The SMILES string of the molecule is COC(=O)c1cc(F)c(C)c(N=[N+]=[N-])c1. The van der Waals surface area contributed by atoms with Crippen LogP contribution in [0.1, 0.15) is 15.9 Å². The largest absolute Gasteiger partial charge is 0.465 e. The van der Waals surface area contributed by atoms with Crippen LogP contribution in [0, 0.1) is 12.7 Å². The van der Waals surface area contributed by atoms with E-state index in [2.05, 4.69) is 14.8 Å². The normalized spacial score (nSPS) is 9.27. The van der Waals surface area contributed by atoms with Gasteiger partial charge in [0, 0.05) is 10.6 Å². The van der Waals surface area contributed by atoms with Crippen LogP contribution in [-0.2, 0) is 4.74 Å².